The molecular weight excluding hydrogens is 390 g/mol. The zero-order chi connectivity index (χ0) is 21.3. The third-order valence-electron chi connectivity index (χ3n) is 4.37. The van der Waals surface area contributed by atoms with E-state index < -0.39 is 42.8 Å². The predicted molar refractivity (Wildman–Crippen MR) is 90.3 cm³/mol. The van der Waals surface area contributed by atoms with E-state index in [9.17, 15) is 31.4 Å². The molecule has 2 N–H and O–H groups in total. The lowest BCUT2D eigenvalue weighted by atomic mass is 9.92. The summed E-state index contributed by atoms with van der Waals surface area (Å²) in [6.07, 6.45) is -8.64. The number of anilines is 1. The molecule has 0 aliphatic heterocycles. The van der Waals surface area contributed by atoms with Crippen molar-refractivity contribution in [3.63, 3.8) is 0 Å². The predicted octanol–water partition coefficient (Wildman–Crippen LogP) is 4.29. The first kappa shape index (κ1) is 22.4. The molecule has 1 heterocycles. The minimum Gasteiger partial charge on any atom is -0.380 e. The number of halogens is 6. The molecule has 0 amide bonds. The third-order valence-corrected chi connectivity index (χ3v) is 4.37. The van der Waals surface area contributed by atoms with Gasteiger partial charge in [0.1, 0.15) is 11.7 Å². The summed E-state index contributed by atoms with van der Waals surface area (Å²) in [5.74, 6) is -6.92. The number of aliphatic hydroxyl groups excluding tert-OH is 1. The SMILES string of the molecule is CC(C)Nc1nc(CC[C@H](C)C(F)(F)F)nc(C2=C(F)C(O)C(F)(F)CC2)n1. The molecule has 2 atom stereocenters. The Labute approximate surface area is 158 Å². The summed E-state index contributed by atoms with van der Waals surface area (Å²) in [4.78, 5) is 12.0. The molecule has 28 heavy (non-hydrogen) atoms. The van der Waals surface area contributed by atoms with Gasteiger partial charge < -0.3 is 10.4 Å². The van der Waals surface area contributed by atoms with Crippen LogP contribution >= 0.6 is 0 Å². The molecule has 158 valence electrons. The van der Waals surface area contributed by atoms with Crippen molar-refractivity contribution in [1.29, 1.82) is 0 Å². The van der Waals surface area contributed by atoms with Crippen molar-refractivity contribution in [2.75, 3.05) is 5.32 Å². The van der Waals surface area contributed by atoms with Gasteiger partial charge in [-0.05, 0) is 26.7 Å². The Balaban J connectivity index is 2.37. The van der Waals surface area contributed by atoms with Gasteiger partial charge in [0.25, 0.3) is 5.92 Å². The maximum atomic E-state index is 14.3. The molecule has 0 fully saturated rings. The molecule has 5 nitrogen and oxygen atoms in total. The Morgan fingerprint density at radius 3 is 2.39 bits per heavy atom. The molecular formula is C17H22F6N4O. The smallest absolute Gasteiger partial charge is 0.380 e. The van der Waals surface area contributed by atoms with E-state index in [4.69, 9.17) is 0 Å². The van der Waals surface area contributed by atoms with E-state index in [0.29, 0.717) is 0 Å². The molecule has 0 spiro atoms. The summed E-state index contributed by atoms with van der Waals surface area (Å²) in [6.45, 7) is 4.55. The van der Waals surface area contributed by atoms with Gasteiger partial charge in [0.2, 0.25) is 5.95 Å². The monoisotopic (exact) mass is 412 g/mol. The number of aromatic nitrogens is 3. The molecule has 1 aromatic heterocycles. The van der Waals surface area contributed by atoms with Gasteiger partial charge in [-0.25, -0.2) is 18.2 Å². The van der Waals surface area contributed by atoms with Crippen LogP contribution in [0.1, 0.15) is 51.7 Å². The van der Waals surface area contributed by atoms with Crippen molar-refractivity contribution in [2.24, 2.45) is 5.92 Å². The lowest BCUT2D eigenvalue weighted by Crippen LogP contribution is -2.37. The van der Waals surface area contributed by atoms with E-state index in [1.165, 1.54) is 0 Å². The Morgan fingerprint density at radius 2 is 1.82 bits per heavy atom. The van der Waals surface area contributed by atoms with E-state index in [1.54, 1.807) is 13.8 Å². The lowest BCUT2D eigenvalue weighted by Gasteiger charge is -2.27. The largest absolute Gasteiger partial charge is 0.391 e. The topological polar surface area (TPSA) is 70.9 Å². The normalized spacial score (nSPS) is 21.2. The number of nitrogens with one attached hydrogen (secondary N) is 1. The van der Waals surface area contributed by atoms with E-state index in [-0.39, 0.29) is 42.1 Å². The second kappa shape index (κ2) is 8.22. The second-order valence-corrected chi connectivity index (χ2v) is 7.17. The molecule has 1 unspecified atom stereocenters. The van der Waals surface area contributed by atoms with Crippen LogP contribution in [0.3, 0.4) is 0 Å². The summed E-state index contributed by atoms with van der Waals surface area (Å²) in [5.41, 5.74) is -0.294. The fraction of sp³-hybridized carbons (Fsp3) is 0.706. The van der Waals surface area contributed by atoms with Gasteiger partial charge in [-0.15, -0.1) is 0 Å². The molecule has 1 aliphatic carbocycles. The number of nitrogens with zero attached hydrogens (tertiary/aromatic N) is 3. The van der Waals surface area contributed by atoms with Crippen LogP contribution in [0.25, 0.3) is 5.57 Å². The standard InChI is InChI=1S/C17H22F6N4O/c1-8(2)24-15-26-11(5-4-9(3)17(21,22)23)25-14(27-15)10-6-7-16(19,20)13(28)12(10)18/h8-9,13,28H,4-7H2,1-3H3,(H,24,25,26,27)/t9-,13?/m0/s1. The van der Waals surface area contributed by atoms with E-state index >= 15 is 0 Å². The fourth-order valence-electron chi connectivity index (χ4n) is 2.62. The van der Waals surface area contributed by atoms with Crippen LogP contribution in [-0.4, -0.2) is 44.3 Å². The van der Waals surface area contributed by atoms with Crippen molar-refractivity contribution in [3.05, 3.63) is 17.5 Å². The number of rotatable bonds is 6. The zero-order valence-corrected chi connectivity index (χ0v) is 15.6. The first-order valence-electron chi connectivity index (χ1n) is 8.84. The highest BCUT2D eigenvalue weighted by molar-refractivity contribution is 5.65. The van der Waals surface area contributed by atoms with E-state index in [1.807, 2.05) is 0 Å². The zero-order valence-electron chi connectivity index (χ0n) is 15.6. The third kappa shape index (κ3) is 5.33. The quantitative estimate of drug-likeness (QED) is 0.682. The minimum absolute atomic E-state index is 0.00165. The highest BCUT2D eigenvalue weighted by atomic mass is 19.4. The Kier molecular flexibility index (Phi) is 6.57. The van der Waals surface area contributed by atoms with Crippen molar-refractivity contribution >= 4 is 11.5 Å². The Morgan fingerprint density at radius 1 is 1.18 bits per heavy atom. The van der Waals surface area contributed by atoms with Crippen LogP contribution in [-0.2, 0) is 6.42 Å². The van der Waals surface area contributed by atoms with E-state index in [2.05, 4.69) is 20.3 Å². The van der Waals surface area contributed by atoms with Crippen LogP contribution in [0.15, 0.2) is 5.83 Å². The van der Waals surface area contributed by atoms with Crippen LogP contribution in [0.5, 0.6) is 0 Å². The van der Waals surface area contributed by atoms with Gasteiger partial charge in [-0.1, -0.05) is 6.92 Å². The van der Waals surface area contributed by atoms with Gasteiger partial charge in [0.05, 0.1) is 5.92 Å². The molecule has 11 heteroatoms. The number of allylic oxidation sites excluding steroid dienone is 1. The number of aryl methyl sites for hydroxylation is 1. The Bertz CT molecular complexity index is 735. The van der Waals surface area contributed by atoms with Crippen molar-refractivity contribution in [3.8, 4) is 0 Å². The number of hydrogen-bond donors (Lipinski definition) is 2. The Hall–Kier alpha value is -1.91. The van der Waals surface area contributed by atoms with Crippen LogP contribution in [0, 0.1) is 5.92 Å². The molecule has 0 radical (unpaired) electrons. The van der Waals surface area contributed by atoms with Crippen molar-refractivity contribution in [2.45, 2.75) is 70.7 Å². The molecule has 1 aromatic rings. The van der Waals surface area contributed by atoms with Gasteiger partial charge >= 0.3 is 6.18 Å². The first-order chi connectivity index (χ1) is 12.8. The van der Waals surface area contributed by atoms with Gasteiger partial charge in [-0.2, -0.15) is 23.1 Å². The molecule has 0 bridgehead atoms. The summed E-state index contributed by atoms with van der Waals surface area (Å²) < 4.78 is 79.4. The van der Waals surface area contributed by atoms with Crippen molar-refractivity contribution < 1.29 is 31.4 Å². The van der Waals surface area contributed by atoms with Crippen molar-refractivity contribution in [1.82, 2.24) is 15.0 Å². The molecule has 0 saturated heterocycles. The summed E-state index contributed by atoms with van der Waals surface area (Å²) in [5, 5.41) is 12.3. The average molecular weight is 412 g/mol. The second-order valence-electron chi connectivity index (χ2n) is 7.17. The maximum Gasteiger partial charge on any atom is 0.391 e. The average Bonchev–Trinajstić information content (AvgIpc) is 2.56. The summed E-state index contributed by atoms with van der Waals surface area (Å²) in [6, 6.07) is -0.141. The molecule has 0 saturated carbocycles. The number of hydrogen-bond acceptors (Lipinski definition) is 5. The summed E-state index contributed by atoms with van der Waals surface area (Å²) >= 11 is 0. The maximum absolute atomic E-state index is 14.3. The lowest BCUT2D eigenvalue weighted by molar-refractivity contribution is -0.171. The molecule has 2 rings (SSSR count). The minimum atomic E-state index is -4.37. The fourth-order valence-corrected chi connectivity index (χ4v) is 2.62. The summed E-state index contributed by atoms with van der Waals surface area (Å²) in [7, 11) is 0. The first-order valence-corrected chi connectivity index (χ1v) is 8.84. The molecule has 1 aliphatic rings. The van der Waals surface area contributed by atoms with Gasteiger partial charge in [0.15, 0.2) is 11.9 Å². The van der Waals surface area contributed by atoms with Crippen LogP contribution in [0.4, 0.5) is 32.3 Å². The number of alkyl halides is 5. The van der Waals surface area contributed by atoms with Gasteiger partial charge in [0, 0.05) is 24.5 Å². The highest BCUT2D eigenvalue weighted by Crippen LogP contribution is 2.41. The van der Waals surface area contributed by atoms with E-state index in [0.717, 1.165) is 6.92 Å². The van der Waals surface area contributed by atoms with Crippen LogP contribution in [0.2, 0.25) is 0 Å². The van der Waals surface area contributed by atoms with Crippen LogP contribution < -0.4 is 5.32 Å². The highest BCUT2D eigenvalue weighted by Gasteiger charge is 2.46. The molecule has 0 aromatic carbocycles. The number of aliphatic hydroxyl groups is 1. The van der Waals surface area contributed by atoms with Gasteiger partial charge in [-0.3, -0.25) is 0 Å².